The molecule has 102 valence electrons. The summed E-state index contributed by atoms with van der Waals surface area (Å²) in [6.07, 6.45) is 2.19. The molecule has 0 amide bonds. The number of fused-ring (bicyclic) bond motifs is 1. The van der Waals surface area contributed by atoms with Gasteiger partial charge in [-0.3, -0.25) is 4.98 Å². The van der Waals surface area contributed by atoms with Crippen molar-refractivity contribution in [2.45, 2.75) is 12.8 Å². The maximum Gasteiger partial charge on any atom is 0.417 e. The second kappa shape index (κ2) is 4.97. The van der Waals surface area contributed by atoms with Crippen LogP contribution in [0.4, 0.5) is 11.4 Å². The summed E-state index contributed by atoms with van der Waals surface area (Å²) in [5.74, 6) is 0.167. The molecule has 3 rings (SSSR count). The fourth-order valence-corrected chi connectivity index (χ4v) is 2.39. The van der Waals surface area contributed by atoms with Gasteiger partial charge < -0.3 is 20.2 Å². The summed E-state index contributed by atoms with van der Waals surface area (Å²) < 4.78 is 10.3. The lowest BCUT2D eigenvalue weighted by atomic mass is 10.1. The van der Waals surface area contributed by atoms with E-state index in [0.29, 0.717) is 22.7 Å². The monoisotopic (exact) mass is 263 g/mol. The van der Waals surface area contributed by atoms with E-state index >= 15 is 0 Å². The number of anilines is 2. The number of rotatable bonds is 4. The molecule has 0 bridgehead atoms. The SMILES string of the molecule is Nc1cc2oc(=O)[nH]c2cc1NCCC1CCOC1. The van der Waals surface area contributed by atoms with E-state index < -0.39 is 5.76 Å². The van der Waals surface area contributed by atoms with Crippen molar-refractivity contribution in [1.29, 1.82) is 0 Å². The number of nitrogens with two attached hydrogens (primary N) is 1. The number of nitrogen functional groups attached to an aromatic ring is 1. The number of oxazole rings is 1. The number of ether oxygens (including phenoxy) is 1. The van der Waals surface area contributed by atoms with E-state index in [1.54, 1.807) is 12.1 Å². The van der Waals surface area contributed by atoms with Crippen LogP contribution >= 0.6 is 0 Å². The van der Waals surface area contributed by atoms with Crippen LogP contribution in [0.1, 0.15) is 12.8 Å². The summed E-state index contributed by atoms with van der Waals surface area (Å²) in [6.45, 7) is 2.56. The normalized spacial score (nSPS) is 19.1. The molecule has 1 fully saturated rings. The second-order valence-electron chi connectivity index (χ2n) is 4.90. The zero-order valence-corrected chi connectivity index (χ0v) is 10.6. The Bertz CT molecular complexity index is 626. The van der Waals surface area contributed by atoms with Gasteiger partial charge in [0.05, 0.1) is 16.9 Å². The summed E-state index contributed by atoms with van der Waals surface area (Å²) in [4.78, 5) is 13.7. The molecular weight excluding hydrogens is 246 g/mol. The van der Waals surface area contributed by atoms with Crippen molar-refractivity contribution in [2.24, 2.45) is 5.92 Å². The van der Waals surface area contributed by atoms with E-state index in [9.17, 15) is 4.79 Å². The highest BCUT2D eigenvalue weighted by molar-refractivity contribution is 5.85. The fourth-order valence-electron chi connectivity index (χ4n) is 2.39. The molecule has 6 heteroatoms. The van der Waals surface area contributed by atoms with Gasteiger partial charge in [-0.05, 0) is 24.8 Å². The van der Waals surface area contributed by atoms with Crippen LogP contribution in [-0.4, -0.2) is 24.7 Å². The molecule has 4 N–H and O–H groups in total. The Kier molecular flexibility index (Phi) is 3.16. The predicted molar refractivity (Wildman–Crippen MR) is 73.3 cm³/mol. The topological polar surface area (TPSA) is 93.3 Å². The Morgan fingerprint density at radius 1 is 1.47 bits per heavy atom. The van der Waals surface area contributed by atoms with Crippen molar-refractivity contribution in [3.8, 4) is 0 Å². The number of H-pyrrole nitrogens is 1. The highest BCUT2D eigenvalue weighted by Gasteiger charge is 2.15. The van der Waals surface area contributed by atoms with Gasteiger partial charge >= 0.3 is 5.76 Å². The molecule has 1 aliphatic heterocycles. The number of nitrogens with one attached hydrogen (secondary N) is 2. The maximum absolute atomic E-state index is 11.1. The van der Waals surface area contributed by atoms with E-state index in [4.69, 9.17) is 14.9 Å². The van der Waals surface area contributed by atoms with Gasteiger partial charge in [0.2, 0.25) is 0 Å². The van der Waals surface area contributed by atoms with Crippen LogP contribution < -0.4 is 16.8 Å². The quantitative estimate of drug-likeness (QED) is 0.727. The van der Waals surface area contributed by atoms with E-state index in [1.165, 1.54) is 0 Å². The van der Waals surface area contributed by atoms with E-state index in [-0.39, 0.29) is 0 Å². The third-order valence-corrected chi connectivity index (χ3v) is 3.48. The van der Waals surface area contributed by atoms with Gasteiger partial charge in [-0.25, -0.2) is 4.79 Å². The summed E-state index contributed by atoms with van der Waals surface area (Å²) in [7, 11) is 0. The Morgan fingerprint density at radius 3 is 3.16 bits per heavy atom. The van der Waals surface area contributed by atoms with Crippen LogP contribution in [0.3, 0.4) is 0 Å². The van der Waals surface area contributed by atoms with Crippen molar-refractivity contribution in [3.63, 3.8) is 0 Å². The first-order valence-corrected chi connectivity index (χ1v) is 6.46. The molecule has 0 saturated carbocycles. The van der Waals surface area contributed by atoms with Crippen LogP contribution in [0, 0.1) is 5.92 Å². The van der Waals surface area contributed by atoms with E-state index in [1.807, 2.05) is 0 Å². The number of aromatic amines is 1. The van der Waals surface area contributed by atoms with Gasteiger partial charge in [0, 0.05) is 25.8 Å². The largest absolute Gasteiger partial charge is 0.417 e. The van der Waals surface area contributed by atoms with Crippen LogP contribution in [0.15, 0.2) is 21.3 Å². The van der Waals surface area contributed by atoms with Gasteiger partial charge in [-0.1, -0.05) is 0 Å². The van der Waals surface area contributed by atoms with Crippen molar-refractivity contribution >= 4 is 22.5 Å². The highest BCUT2D eigenvalue weighted by Crippen LogP contribution is 2.25. The first kappa shape index (κ1) is 12.1. The maximum atomic E-state index is 11.1. The van der Waals surface area contributed by atoms with Crippen LogP contribution in [0.25, 0.3) is 11.1 Å². The molecule has 1 unspecified atom stereocenters. The summed E-state index contributed by atoms with van der Waals surface area (Å²) in [5, 5.41) is 3.30. The minimum absolute atomic E-state index is 0.463. The number of benzene rings is 1. The molecule has 0 spiro atoms. The average molecular weight is 263 g/mol. The smallest absolute Gasteiger partial charge is 0.408 e. The van der Waals surface area contributed by atoms with Crippen LogP contribution in [-0.2, 0) is 4.74 Å². The Hall–Kier alpha value is -1.95. The first-order chi connectivity index (χ1) is 9.22. The lowest BCUT2D eigenvalue weighted by Gasteiger charge is -2.11. The number of aromatic nitrogens is 1. The average Bonchev–Trinajstić information content (AvgIpc) is 2.98. The first-order valence-electron chi connectivity index (χ1n) is 6.46. The fraction of sp³-hybridized carbons (Fsp3) is 0.462. The van der Waals surface area contributed by atoms with E-state index in [0.717, 1.165) is 38.3 Å². The molecule has 1 aromatic carbocycles. The second-order valence-corrected chi connectivity index (χ2v) is 4.90. The third-order valence-electron chi connectivity index (χ3n) is 3.48. The van der Waals surface area contributed by atoms with Gasteiger partial charge in [0.15, 0.2) is 5.58 Å². The van der Waals surface area contributed by atoms with Gasteiger partial charge in [0.25, 0.3) is 0 Å². The number of hydrogen-bond donors (Lipinski definition) is 3. The molecule has 0 radical (unpaired) electrons. The Labute approximate surface area is 109 Å². The molecule has 1 aliphatic rings. The highest BCUT2D eigenvalue weighted by atomic mass is 16.5. The molecule has 2 heterocycles. The zero-order valence-electron chi connectivity index (χ0n) is 10.6. The Morgan fingerprint density at radius 2 is 2.37 bits per heavy atom. The molecule has 6 nitrogen and oxygen atoms in total. The van der Waals surface area contributed by atoms with Gasteiger partial charge in [0.1, 0.15) is 0 Å². The molecule has 1 saturated heterocycles. The standard InChI is InChI=1S/C13H17N3O3/c14-9-5-12-11(16-13(17)19-12)6-10(9)15-3-1-8-2-4-18-7-8/h5-6,8,15H,1-4,7,14H2,(H,16,17). The Balaban J connectivity index is 1.69. The minimum Gasteiger partial charge on any atom is -0.408 e. The molecule has 1 atom stereocenters. The summed E-state index contributed by atoms with van der Waals surface area (Å²) in [6, 6.07) is 3.47. The summed E-state index contributed by atoms with van der Waals surface area (Å²) >= 11 is 0. The lowest BCUT2D eigenvalue weighted by molar-refractivity contribution is 0.185. The molecule has 1 aromatic heterocycles. The number of hydrogen-bond acceptors (Lipinski definition) is 5. The third kappa shape index (κ3) is 2.58. The lowest BCUT2D eigenvalue weighted by Crippen LogP contribution is -2.10. The van der Waals surface area contributed by atoms with Gasteiger partial charge in [-0.2, -0.15) is 0 Å². The van der Waals surface area contributed by atoms with E-state index in [2.05, 4.69) is 10.3 Å². The molecule has 2 aromatic rings. The zero-order chi connectivity index (χ0) is 13.2. The van der Waals surface area contributed by atoms with Crippen LogP contribution in [0.2, 0.25) is 0 Å². The van der Waals surface area contributed by atoms with Crippen molar-refractivity contribution in [2.75, 3.05) is 30.8 Å². The molecular formula is C13H17N3O3. The molecule has 19 heavy (non-hydrogen) atoms. The minimum atomic E-state index is -0.463. The predicted octanol–water partition coefficient (Wildman–Crippen LogP) is 1.54. The van der Waals surface area contributed by atoms with Gasteiger partial charge in [-0.15, -0.1) is 0 Å². The summed E-state index contributed by atoms with van der Waals surface area (Å²) in [5.41, 5.74) is 8.47. The van der Waals surface area contributed by atoms with Crippen LogP contribution in [0.5, 0.6) is 0 Å². The van der Waals surface area contributed by atoms with Crippen molar-refractivity contribution in [3.05, 3.63) is 22.7 Å². The van der Waals surface area contributed by atoms with Crippen molar-refractivity contribution in [1.82, 2.24) is 4.98 Å². The molecule has 0 aliphatic carbocycles. The van der Waals surface area contributed by atoms with Crippen molar-refractivity contribution < 1.29 is 9.15 Å².